The van der Waals surface area contributed by atoms with E-state index in [4.69, 9.17) is 5.73 Å². The van der Waals surface area contributed by atoms with E-state index >= 15 is 0 Å². The van der Waals surface area contributed by atoms with Crippen LogP contribution < -0.4 is 11.3 Å². The molecule has 2 heterocycles. The second-order valence-electron chi connectivity index (χ2n) is 3.67. The fourth-order valence-electron chi connectivity index (χ4n) is 1.65. The van der Waals surface area contributed by atoms with Gasteiger partial charge in [-0.3, -0.25) is 4.79 Å². The first-order chi connectivity index (χ1) is 8.24. The van der Waals surface area contributed by atoms with Crippen LogP contribution in [0.4, 0.5) is 5.69 Å². The van der Waals surface area contributed by atoms with E-state index in [-0.39, 0.29) is 18.0 Å². The van der Waals surface area contributed by atoms with Gasteiger partial charge in [-0.25, -0.2) is 4.98 Å². The van der Waals surface area contributed by atoms with Gasteiger partial charge in [0.15, 0.2) is 0 Å². The maximum atomic E-state index is 11.8. The summed E-state index contributed by atoms with van der Waals surface area (Å²) in [6, 6.07) is 9.09. The molecule has 0 radical (unpaired) electrons. The van der Waals surface area contributed by atoms with Gasteiger partial charge in [0.1, 0.15) is 10.5 Å². The summed E-state index contributed by atoms with van der Waals surface area (Å²) in [7, 11) is 0. The van der Waals surface area contributed by atoms with Gasteiger partial charge in [0.25, 0.3) is 5.56 Å². The van der Waals surface area contributed by atoms with E-state index in [0.29, 0.717) is 16.2 Å². The smallest absolute Gasteiger partial charge is 0.269 e. The van der Waals surface area contributed by atoms with Gasteiger partial charge in [-0.05, 0) is 35.7 Å². The van der Waals surface area contributed by atoms with Gasteiger partial charge in [0.05, 0.1) is 5.52 Å². The Morgan fingerprint density at radius 3 is 2.61 bits per heavy atom. The third kappa shape index (κ3) is 2.10. The summed E-state index contributed by atoms with van der Waals surface area (Å²) in [5.74, 6) is 0.570. The third-order valence-corrected chi connectivity index (χ3v) is 3.40. The number of aromatic nitrogens is 2. The van der Waals surface area contributed by atoms with Crippen molar-refractivity contribution < 1.29 is 0 Å². The molecule has 0 bridgehead atoms. The molecule has 0 amide bonds. The first-order valence-corrected chi connectivity index (χ1v) is 5.95. The number of benzene rings is 1. The molecular formula is C12H10ClN3OS. The molecule has 0 fully saturated rings. The predicted molar refractivity (Wildman–Crippen MR) is 77.3 cm³/mol. The summed E-state index contributed by atoms with van der Waals surface area (Å²) in [5.41, 5.74) is 7.78. The Hall–Kier alpha value is -1.85. The van der Waals surface area contributed by atoms with Crippen molar-refractivity contribution in [2.45, 2.75) is 0 Å². The quantitative estimate of drug-likeness (QED) is 0.673. The predicted octanol–water partition coefficient (Wildman–Crippen LogP) is 2.66. The summed E-state index contributed by atoms with van der Waals surface area (Å²) in [6.07, 6.45) is 0. The normalized spacial score (nSPS) is 10.2. The molecule has 2 aromatic heterocycles. The van der Waals surface area contributed by atoms with Gasteiger partial charge in [0.2, 0.25) is 0 Å². The Balaban J connectivity index is 0.00000120. The molecule has 0 atom stereocenters. The van der Waals surface area contributed by atoms with Gasteiger partial charge >= 0.3 is 0 Å². The van der Waals surface area contributed by atoms with Crippen LogP contribution in [0.2, 0.25) is 0 Å². The van der Waals surface area contributed by atoms with Gasteiger partial charge in [0, 0.05) is 11.3 Å². The Labute approximate surface area is 113 Å². The summed E-state index contributed by atoms with van der Waals surface area (Å²) < 4.78 is 0.657. The number of thiophene rings is 1. The van der Waals surface area contributed by atoms with Crippen LogP contribution in [0.5, 0.6) is 0 Å². The minimum absolute atomic E-state index is 0. The number of anilines is 1. The number of nitrogen functional groups attached to an aromatic ring is 1. The van der Waals surface area contributed by atoms with E-state index in [1.54, 1.807) is 12.1 Å². The van der Waals surface area contributed by atoms with E-state index in [2.05, 4.69) is 9.97 Å². The molecule has 92 valence electrons. The van der Waals surface area contributed by atoms with Crippen LogP contribution in [-0.2, 0) is 0 Å². The topological polar surface area (TPSA) is 71.8 Å². The molecule has 1 aromatic carbocycles. The molecule has 0 saturated carbocycles. The highest BCUT2D eigenvalue weighted by Crippen LogP contribution is 2.19. The molecule has 4 nitrogen and oxygen atoms in total. The van der Waals surface area contributed by atoms with Crippen LogP contribution >= 0.6 is 23.7 Å². The standard InChI is InChI=1S/C12H9N3OS.ClH/c13-8-3-1-7(2-4-8)11-14-9-5-6-17-10(9)12(16)15-11;/h1-6H,13H2,(H,14,15,16);1H. The van der Waals surface area contributed by atoms with Gasteiger partial charge < -0.3 is 10.7 Å². The lowest BCUT2D eigenvalue weighted by Crippen LogP contribution is -2.07. The molecule has 0 unspecified atom stereocenters. The highest BCUT2D eigenvalue weighted by Gasteiger charge is 2.06. The number of nitrogens with one attached hydrogen (secondary N) is 1. The number of nitrogens with zero attached hydrogens (tertiary/aromatic N) is 1. The van der Waals surface area contributed by atoms with E-state index in [0.717, 1.165) is 11.1 Å². The monoisotopic (exact) mass is 279 g/mol. The van der Waals surface area contributed by atoms with Gasteiger partial charge in [-0.2, -0.15) is 0 Å². The molecule has 3 aromatic rings. The molecule has 0 aliphatic heterocycles. The zero-order valence-corrected chi connectivity index (χ0v) is 10.8. The highest BCUT2D eigenvalue weighted by atomic mass is 35.5. The number of hydrogen-bond donors (Lipinski definition) is 2. The summed E-state index contributed by atoms with van der Waals surface area (Å²) in [6.45, 7) is 0. The van der Waals surface area contributed by atoms with Crippen molar-refractivity contribution in [3.63, 3.8) is 0 Å². The summed E-state index contributed by atoms with van der Waals surface area (Å²) in [4.78, 5) is 19.0. The number of fused-ring (bicyclic) bond motifs is 1. The van der Waals surface area contributed by atoms with E-state index in [1.165, 1.54) is 11.3 Å². The highest BCUT2D eigenvalue weighted by molar-refractivity contribution is 7.17. The zero-order chi connectivity index (χ0) is 11.8. The number of H-pyrrole nitrogens is 1. The molecule has 18 heavy (non-hydrogen) atoms. The fourth-order valence-corrected chi connectivity index (χ4v) is 2.38. The number of aromatic amines is 1. The molecule has 3 rings (SSSR count). The molecule has 0 aliphatic carbocycles. The summed E-state index contributed by atoms with van der Waals surface area (Å²) in [5, 5.41) is 1.86. The average molecular weight is 280 g/mol. The first-order valence-electron chi connectivity index (χ1n) is 5.07. The first kappa shape index (κ1) is 12.6. The second kappa shape index (κ2) is 4.80. The van der Waals surface area contributed by atoms with Crippen LogP contribution in [0.25, 0.3) is 21.6 Å². The minimum Gasteiger partial charge on any atom is -0.399 e. The Morgan fingerprint density at radius 1 is 1.17 bits per heavy atom. The lowest BCUT2D eigenvalue weighted by atomic mass is 10.2. The van der Waals surface area contributed by atoms with E-state index in [9.17, 15) is 4.79 Å². The van der Waals surface area contributed by atoms with Crippen molar-refractivity contribution in [1.29, 1.82) is 0 Å². The van der Waals surface area contributed by atoms with Gasteiger partial charge in [-0.1, -0.05) is 0 Å². The van der Waals surface area contributed by atoms with Crippen molar-refractivity contribution in [1.82, 2.24) is 9.97 Å². The van der Waals surface area contributed by atoms with Crippen LogP contribution in [-0.4, -0.2) is 9.97 Å². The van der Waals surface area contributed by atoms with Crippen LogP contribution in [0.3, 0.4) is 0 Å². The Morgan fingerprint density at radius 2 is 1.89 bits per heavy atom. The van der Waals surface area contributed by atoms with Crippen LogP contribution in [0.1, 0.15) is 0 Å². The molecule has 0 saturated heterocycles. The van der Waals surface area contributed by atoms with Crippen molar-refractivity contribution in [2.75, 3.05) is 5.73 Å². The van der Waals surface area contributed by atoms with Crippen LogP contribution in [0, 0.1) is 0 Å². The Kier molecular flexibility index (Phi) is 3.36. The van der Waals surface area contributed by atoms with Crippen molar-refractivity contribution in [2.24, 2.45) is 0 Å². The van der Waals surface area contributed by atoms with Crippen molar-refractivity contribution in [3.05, 3.63) is 46.1 Å². The lowest BCUT2D eigenvalue weighted by Gasteiger charge is -2.01. The molecular weight excluding hydrogens is 270 g/mol. The number of nitrogens with two attached hydrogens (primary N) is 1. The zero-order valence-electron chi connectivity index (χ0n) is 9.21. The third-order valence-electron chi connectivity index (χ3n) is 2.50. The average Bonchev–Trinajstić information content (AvgIpc) is 2.78. The number of halogens is 1. The largest absolute Gasteiger partial charge is 0.399 e. The Bertz CT molecular complexity index is 733. The number of hydrogen-bond acceptors (Lipinski definition) is 4. The summed E-state index contributed by atoms with van der Waals surface area (Å²) >= 11 is 1.39. The SMILES string of the molecule is Cl.Nc1ccc(-c2nc3ccsc3c(=O)[nH]2)cc1. The van der Waals surface area contributed by atoms with E-state index in [1.807, 2.05) is 23.6 Å². The van der Waals surface area contributed by atoms with Crippen molar-refractivity contribution in [3.8, 4) is 11.4 Å². The lowest BCUT2D eigenvalue weighted by molar-refractivity contribution is 1.19. The maximum Gasteiger partial charge on any atom is 0.269 e. The number of rotatable bonds is 1. The second-order valence-corrected chi connectivity index (χ2v) is 4.59. The molecule has 6 heteroatoms. The van der Waals surface area contributed by atoms with Gasteiger partial charge in [-0.15, -0.1) is 23.7 Å². The molecule has 0 spiro atoms. The van der Waals surface area contributed by atoms with Crippen molar-refractivity contribution >= 4 is 39.6 Å². The van der Waals surface area contributed by atoms with Crippen LogP contribution in [0.15, 0.2) is 40.5 Å². The fraction of sp³-hybridized carbons (Fsp3) is 0. The van der Waals surface area contributed by atoms with E-state index < -0.39 is 0 Å². The molecule has 3 N–H and O–H groups in total. The molecule has 0 aliphatic rings. The minimum atomic E-state index is -0.100. The maximum absolute atomic E-state index is 11.8.